The molecule has 0 radical (unpaired) electrons. The van der Waals surface area contributed by atoms with E-state index >= 15 is 0 Å². The van der Waals surface area contributed by atoms with E-state index in [1.165, 1.54) is 5.56 Å². The van der Waals surface area contributed by atoms with Crippen molar-refractivity contribution < 1.29 is 0 Å². The Labute approximate surface area is 150 Å². The molecule has 0 amide bonds. The van der Waals surface area contributed by atoms with Gasteiger partial charge in [0.05, 0.1) is 0 Å². The van der Waals surface area contributed by atoms with Crippen molar-refractivity contribution in [2.75, 3.05) is 13.1 Å². The van der Waals surface area contributed by atoms with Crippen LogP contribution in [0.4, 0.5) is 0 Å². The molecule has 0 aliphatic carbocycles. The van der Waals surface area contributed by atoms with Gasteiger partial charge < -0.3 is 10.6 Å². The number of allylic oxidation sites excluding steroid dienone is 3. The Morgan fingerprint density at radius 3 is 1.75 bits per heavy atom. The molecule has 0 unspecified atom stereocenters. The second kappa shape index (κ2) is 14.4. The smallest absolute Gasteiger partial charge is 0.0308 e. The fourth-order valence-electron chi connectivity index (χ4n) is 1.90. The van der Waals surface area contributed by atoms with Crippen LogP contribution in [0.1, 0.15) is 47.1 Å². The summed E-state index contributed by atoms with van der Waals surface area (Å²) < 4.78 is 0. The average molecular weight is 329 g/mol. The summed E-state index contributed by atoms with van der Waals surface area (Å²) in [7, 11) is 0. The summed E-state index contributed by atoms with van der Waals surface area (Å²) in [5, 5.41) is 0. The molecule has 0 aliphatic rings. The molecule has 1 aromatic carbocycles. The third-order valence-corrected chi connectivity index (χ3v) is 3.34. The predicted octanol–water partition coefficient (Wildman–Crippen LogP) is 6.01. The van der Waals surface area contributed by atoms with Crippen molar-refractivity contribution in [2.45, 2.75) is 41.5 Å². The lowest BCUT2D eigenvalue weighted by Crippen LogP contribution is -2.19. The summed E-state index contributed by atoms with van der Waals surface area (Å²) in [6.07, 6.45) is 1.94. The van der Waals surface area contributed by atoms with Gasteiger partial charge in [0.25, 0.3) is 0 Å². The van der Waals surface area contributed by atoms with Crippen molar-refractivity contribution in [1.82, 2.24) is 4.90 Å². The van der Waals surface area contributed by atoms with E-state index in [2.05, 4.69) is 50.6 Å². The fourth-order valence-corrected chi connectivity index (χ4v) is 1.90. The summed E-state index contributed by atoms with van der Waals surface area (Å²) in [5.74, 6) is 0. The molecule has 1 rings (SSSR count). The first-order valence-corrected chi connectivity index (χ1v) is 8.61. The van der Waals surface area contributed by atoms with Gasteiger partial charge in [-0.05, 0) is 44.4 Å². The molecule has 0 aliphatic heterocycles. The molecule has 0 spiro atoms. The Balaban J connectivity index is 0. The van der Waals surface area contributed by atoms with E-state index in [-0.39, 0.29) is 0 Å². The van der Waals surface area contributed by atoms with Gasteiger partial charge in [-0.15, -0.1) is 0 Å². The van der Waals surface area contributed by atoms with Crippen LogP contribution in [0, 0.1) is 0 Å². The minimum Gasteiger partial charge on any atom is -0.399 e. The molecule has 0 fully saturated rings. The second-order valence-corrected chi connectivity index (χ2v) is 5.15. The lowest BCUT2D eigenvalue weighted by Gasteiger charge is -2.19. The first kappa shape index (κ1) is 24.0. The first-order valence-electron chi connectivity index (χ1n) is 8.61. The van der Waals surface area contributed by atoms with Crippen LogP contribution in [-0.2, 0) is 0 Å². The fraction of sp³-hybridized carbons (Fsp3) is 0.364. The van der Waals surface area contributed by atoms with Crippen LogP contribution in [0.3, 0.4) is 0 Å². The van der Waals surface area contributed by atoms with Crippen molar-refractivity contribution in [3.63, 3.8) is 0 Å². The van der Waals surface area contributed by atoms with Gasteiger partial charge in [-0.3, -0.25) is 0 Å². The Hall–Kier alpha value is -2.22. The molecular formula is C22H36N2. The molecule has 0 saturated carbocycles. The maximum Gasteiger partial charge on any atom is 0.0308 e. The molecule has 0 atom stereocenters. The lowest BCUT2D eigenvalue weighted by atomic mass is 10.0. The zero-order chi connectivity index (χ0) is 19.1. The summed E-state index contributed by atoms with van der Waals surface area (Å²) >= 11 is 0. The van der Waals surface area contributed by atoms with Crippen LogP contribution in [-0.4, -0.2) is 18.0 Å². The summed E-state index contributed by atoms with van der Waals surface area (Å²) in [4.78, 5) is 2.22. The Kier molecular flexibility index (Phi) is 14.4. The van der Waals surface area contributed by atoms with Gasteiger partial charge in [0.15, 0.2) is 0 Å². The van der Waals surface area contributed by atoms with Gasteiger partial charge in [-0.25, -0.2) is 0 Å². The second-order valence-electron chi connectivity index (χ2n) is 5.15. The summed E-state index contributed by atoms with van der Waals surface area (Å²) in [6.45, 7) is 25.8. The quantitative estimate of drug-likeness (QED) is 0.648. The molecule has 0 heterocycles. The van der Waals surface area contributed by atoms with Crippen molar-refractivity contribution in [1.29, 1.82) is 0 Å². The highest BCUT2D eigenvalue weighted by atomic mass is 15.1. The largest absolute Gasteiger partial charge is 0.399 e. The standard InChI is InChI=1S/C13H15N.C7H15N.C2H6/c1-10(12(3)14)9-11(2)13-7-5-4-6-8-13;1-5-8(6-2)7(3)4;1-2/h4-9H,1,3,14H2,2H3;3,5-6H2,1-2,4H3;1-2H3/b11-9+;;. The zero-order valence-corrected chi connectivity index (χ0v) is 16.5. The minimum atomic E-state index is 0.514. The number of benzene rings is 1. The number of hydrogen-bond donors (Lipinski definition) is 1. The van der Waals surface area contributed by atoms with Crippen molar-refractivity contribution in [3.05, 3.63) is 78.7 Å². The van der Waals surface area contributed by atoms with Crippen molar-refractivity contribution >= 4 is 5.57 Å². The molecule has 2 N–H and O–H groups in total. The SMILES string of the molecule is C=C(C)N(CC)CC.C=C(N)C(=C)/C=C(\C)c1ccccc1.CC. The van der Waals surface area contributed by atoms with Crippen molar-refractivity contribution in [2.24, 2.45) is 5.73 Å². The Morgan fingerprint density at radius 1 is 1.00 bits per heavy atom. The molecule has 0 bridgehead atoms. The molecular weight excluding hydrogens is 292 g/mol. The van der Waals surface area contributed by atoms with Crippen LogP contribution >= 0.6 is 0 Å². The maximum absolute atomic E-state index is 5.52. The van der Waals surface area contributed by atoms with Crippen LogP contribution in [0.5, 0.6) is 0 Å². The van der Waals surface area contributed by atoms with E-state index in [1.807, 2.05) is 52.0 Å². The van der Waals surface area contributed by atoms with Gasteiger partial charge in [-0.2, -0.15) is 0 Å². The number of rotatable bonds is 6. The number of nitrogens with two attached hydrogens (primary N) is 1. The van der Waals surface area contributed by atoms with Gasteiger partial charge >= 0.3 is 0 Å². The maximum atomic E-state index is 5.52. The van der Waals surface area contributed by atoms with Crippen LogP contribution < -0.4 is 5.73 Å². The highest BCUT2D eigenvalue weighted by Crippen LogP contribution is 2.16. The summed E-state index contributed by atoms with van der Waals surface area (Å²) in [5.41, 5.74) is 10.3. The zero-order valence-electron chi connectivity index (χ0n) is 16.5. The van der Waals surface area contributed by atoms with E-state index in [0.717, 1.165) is 29.9 Å². The van der Waals surface area contributed by atoms with Crippen molar-refractivity contribution in [3.8, 4) is 0 Å². The van der Waals surface area contributed by atoms with Gasteiger partial charge in [0.1, 0.15) is 0 Å². The van der Waals surface area contributed by atoms with Crippen LogP contribution in [0.15, 0.2) is 73.1 Å². The third-order valence-electron chi connectivity index (χ3n) is 3.34. The van der Waals surface area contributed by atoms with Crippen LogP contribution in [0.25, 0.3) is 5.57 Å². The third kappa shape index (κ3) is 10.5. The van der Waals surface area contributed by atoms with Gasteiger partial charge in [-0.1, -0.05) is 70.0 Å². The summed E-state index contributed by atoms with van der Waals surface area (Å²) in [6, 6.07) is 10.1. The highest BCUT2D eigenvalue weighted by molar-refractivity contribution is 5.67. The minimum absolute atomic E-state index is 0.514. The normalized spacial score (nSPS) is 9.67. The van der Waals surface area contributed by atoms with Gasteiger partial charge in [0.2, 0.25) is 0 Å². The number of hydrogen-bond acceptors (Lipinski definition) is 2. The molecule has 0 saturated heterocycles. The lowest BCUT2D eigenvalue weighted by molar-refractivity contribution is 0.385. The van der Waals surface area contributed by atoms with E-state index < -0.39 is 0 Å². The predicted molar refractivity (Wildman–Crippen MR) is 112 cm³/mol. The Morgan fingerprint density at radius 2 is 1.46 bits per heavy atom. The molecule has 2 nitrogen and oxygen atoms in total. The Bertz CT molecular complexity index is 520. The van der Waals surface area contributed by atoms with Crippen LogP contribution in [0.2, 0.25) is 0 Å². The van der Waals surface area contributed by atoms with E-state index in [1.54, 1.807) is 0 Å². The van der Waals surface area contributed by atoms with E-state index in [0.29, 0.717) is 5.70 Å². The highest BCUT2D eigenvalue weighted by Gasteiger charge is 1.96. The van der Waals surface area contributed by atoms with Gasteiger partial charge in [0, 0.05) is 24.5 Å². The molecule has 2 heteroatoms. The molecule has 1 aromatic rings. The van der Waals surface area contributed by atoms with E-state index in [9.17, 15) is 0 Å². The molecule has 0 aromatic heterocycles. The number of nitrogens with zero attached hydrogens (tertiary/aromatic N) is 1. The molecule has 24 heavy (non-hydrogen) atoms. The average Bonchev–Trinajstić information content (AvgIpc) is 2.58. The topological polar surface area (TPSA) is 29.3 Å². The van der Waals surface area contributed by atoms with E-state index in [4.69, 9.17) is 5.73 Å². The first-order chi connectivity index (χ1) is 11.3. The monoisotopic (exact) mass is 328 g/mol. The molecule has 134 valence electrons.